The van der Waals surface area contributed by atoms with E-state index < -0.39 is 0 Å². The zero-order chi connectivity index (χ0) is 20.2. The molecule has 0 unspecified atom stereocenters. The Kier molecular flexibility index (Phi) is 5.94. The molecule has 0 atom stereocenters. The Balaban J connectivity index is 1.30. The van der Waals surface area contributed by atoms with Crippen molar-refractivity contribution in [3.05, 3.63) is 69.6 Å². The molecular formula is C20H19ClN4O3S. The standard InChI is InChI=1S/C20H19ClN4O3S/c21-15-4-2-1-3-13(15)9-22-18(26)11-25-7-5-16-17(10-25)29-20(23-16)24-19(27)14-6-8-28-12-14/h1-4,6,8,12H,5,7,9-11H2,(H,22,26)(H,23,24,27). The summed E-state index contributed by atoms with van der Waals surface area (Å²) in [7, 11) is 0. The lowest BCUT2D eigenvalue weighted by molar-refractivity contribution is -0.122. The second-order valence-electron chi connectivity index (χ2n) is 6.68. The quantitative estimate of drug-likeness (QED) is 0.626. The van der Waals surface area contributed by atoms with Crippen LogP contribution >= 0.6 is 22.9 Å². The lowest BCUT2D eigenvalue weighted by Crippen LogP contribution is -2.39. The van der Waals surface area contributed by atoms with Gasteiger partial charge in [-0.3, -0.25) is 19.8 Å². The fourth-order valence-corrected chi connectivity index (χ4v) is 4.34. The van der Waals surface area contributed by atoms with Crippen molar-refractivity contribution in [2.24, 2.45) is 0 Å². The molecule has 4 rings (SSSR count). The molecule has 0 aliphatic carbocycles. The summed E-state index contributed by atoms with van der Waals surface area (Å²) in [6, 6.07) is 9.06. The van der Waals surface area contributed by atoms with Gasteiger partial charge in [0, 0.05) is 36.0 Å². The Labute approximate surface area is 176 Å². The van der Waals surface area contributed by atoms with Crippen LogP contribution in [0.5, 0.6) is 0 Å². The van der Waals surface area contributed by atoms with Gasteiger partial charge in [0.05, 0.1) is 24.1 Å². The molecule has 1 aromatic carbocycles. The van der Waals surface area contributed by atoms with Crippen LogP contribution in [0.4, 0.5) is 5.13 Å². The summed E-state index contributed by atoms with van der Waals surface area (Å²) in [4.78, 5) is 32.1. The number of nitrogens with zero attached hydrogens (tertiary/aromatic N) is 2. The maximum absolute atomic E-state index is 12.3. The van der Waals surface area contributed by atoms with Crippen molar-refractivity contribution >= 4 is 39.9 Å². The highest BCUT2D eigenvalue weighted by Crippen LogP contribution is 2.28. The minimum absolute atomic E-state index is 0.0497. The Morgan fingerprint density at radius 2 is 2.14 bits per heavy atom. The number of furan rings is 1. The number of amides is 2. The second-order valence-corrected chi connectivity index (χ2v) is 8.17. The highest BCUT2D eigenvalue weighted by Gasteiger charge is 2.23. The van der Waals surface area contributed by atoms with E-state index in [9.17, 15) is 9.59 Å². The van der Waals surface area contributed by atoms with Crippen LogP contribution in [0.25, 0.3) is 0 Å². The number of nitrogens with one attached hydrogen (secondary N) is 2. The lowest BCUT2D eigenvalue weighted by Gasteiger charge is -2.25. The number of halogens is 1. The zero-order valence-corrected chi connectivity index (χ0v) is 17.1. The van der Waals surface area contributed by atoms with Crippen molar-refractivity contribution in [3.63, 3.8) is 0 Å². The molecule has 0 bridgehead atoms. The monoisotopic (exact) mass is 430 g/mol. The Hall–Kier alpha value is -2.68. The molecule has 0 spiro atoms. The number of anilines is 1. The summed E-state index contributed by atoms with van der Waals surface area (Å²) in [5, 5.41) is 6.92. The molecule has 0 fully saturated rings. The summed E-state index contributed by atoms with van der Waals surface area (Å²) in [6.07, 6.45) is 3.59. The number of aromatic nitrogens is 1. The molecule has 2 N–H and O–H groups in total. The Bertz CT molecular complexity index is 1020. The van der Waals surface area contributed by atoms with Gasteiger partial charge in [0.2, 0.25) is 5.91 Å². The zero-order valence-electron chi connectivity index (χ0n) is 15.5. The highest BCUT2D eigenvalue weighted by atomic mass is 35.5. The number of hydrogen-bond acceptors (Lipinski definition) is 6. The fraction of sp³-hybridized carbons (Fsp3) is 0.250. The number of benzene rings is 1. The summed E-state index contributed by atoms with van der Waals surface area (Å²) in [5.74, 6) is -0.299. The van der Waals surface area contributed by atoms with Gasteiger partial charge < -0.3 is 9.73 Å². The summed E-state index contributed by atoms with van der Waals surface area (Å²) in [6.45, 7) is 2.08. The topological polar surface area (TPSA) is 87.5 Å². The number of carbonyl (C=O) groups is 2. The van der Waals surface area contributed by atoms with Gasteiger partial charge in [-0.15, -0.1) is 11.3 Å². The molecule has 1 aliphatic heterocycles. The number of fused-ring (bicyclic) bond motifs is 1. The SMILES string of the molecule is O=C(CN1CCc2nc(NC(=O)c3ccoc3)sc2C1)NCc1ccccc1Cl. The van der Waals surface area contributed by atoms with Crippen LogP contribution in [0.2, 0.25) is 5.02 Å². The van der Waals surface area contributed by atoms with Crippen molar-refractivity contribution in [3.8, 4) is 0 Å². The van der Waals surface area contributed by atoms with Crippen LogP contribution in [0.15, 0.2) is 47.3 Å². The van der Waals surface area contributed by atoms with E-state index in [-0.39, 0.29) is 11.8 Å². The number of carbonyl (C=O) groups excluding carboxylic acids is 2. The minimum atomic E-state index is -0.249. The number of hydrogen-bond donors (Lipinski definition) is 2. The van der Waals surface area contributed by atoms with Gasteiger partial charge in [-0.1, -0.05) is 29.8 Å². The third-order valence-corrected chi connectivity index (χ3v) is 5.98. The van der Waals surface area contributed by atoms with E-state index in [1.807, 2.05) is 24.3 Å². The molecule has 7 nitrogen and oxygen atoms in total. The van der Waals surface area contributed by atoms with E-state index in [2.05, 4.69) is 20.5 Å². The van der Waals surface area contributed by atoms with Gasteiger partial charge >= 0.3 is 0 Å². The Morgan fingerprint density at radius 3 is 2.93 bits per heavy atom. The number of thiazole rings is 1. The molecule has 3 aromatic rings. The predicted octanol–water partition coefficient (Wildman–Crippen LogP) is 3.32. The first-order valence-electron chi connectivity index (χ1n) is 9.13. The minimum Gasteiger partial charge on any atom is -0.472 e. The molecule has 3 heterocycles. The van der Waals surface area contributed by atoms with E-state index in [4.69, 9.17) is 16.0 Å². The molecule has 0 saturated heterocycles. The van der Waals surface area contributed by atoms with Crippen molar-refractivity contribution in [2.75, 3.05) is 18.4 Å². The van der Waals surface area contributed by atoms with Crippen LogP contribution in [0.3, 0.4) is 0 Å². The second kappa shape index (κ2) is 8.77. The molecule has 150 valence electrons. The van der Waals surface area contributed by atoms with Crippen molar-refractivity contribution < 1.29 is 14.0 Å². The molecule has 2 aromatic heterocycles. The van der Waals surface area contributed by atoms with Crippen molar-refractivity contribution in [2.45, 2.75) is 19.5 Å². The van der Waals surface area contributed by atoms with Gasteiger partial charge in [0.1, 0.15) is 6.26 Å². The van der Waals surface area contributed by atoms with Crippen LogP contribution in [0.1, 0.15) is 26.5 Å². The van der Waals surface area contributed by atoms with E-state index in [1.54, 1.807) is 6.07 Å². The van der Waals surface area contributed by atoms with Gasteiger partial charge in [-0.2, -0.15) is 0 Å². The summed E-state index contributed by atoms with van der Waals surface area (Å²) in [5.41, 5.74) is 2.32. The molecule has 0 saturated carbocycles. The molecule has 2 amide bonds. The highest BCUT2D eigenvalue weighted by molar-refractivity contribution is 7.15. The van der Waals surface area contributed by atoms with Crippen LogP contribution < -0.4 is 10.6 Å². The average molecular weight is 431 g/mol. The molecular weight excluding hydrogens is 412 g/mol. The number of rotatable bonds is 6. The van der Waals surface area contributed by atoms with Crippen LogP contribution in [-0.4, -0.2) is 34.8 Å². The largest absolute Gasteiger partial charge is 0.472 e. The van der Waals surface area contributed by atoms with Crippen LogP contribution in [-0.2, 0) is 24.3 Å². The van der Waals surface area contributed by atoms with Gasteiger partial charge in [0.15, 0.2) is 5.13 Å². The van der Waals surface area contributed by atoms with Crippen molar-refractivity contribution in [1.82, 2.24) is 15.2 Å². The molecule has 29 heavy (non-hydrogen) atoms. The van der Waals surface area contributed by atoms with E-state index in [0.29, 0.717) is 35.4 Å². The maximum atomic E-state index is 12.3. The third-order valence-electron chi connectivity index (χ3n) is 4.62. The summed E-state index contributed by atoms with van der Waals surface area (Å²) >= 11 is 7.56. The third kappa shape index (κ3) is 4.84. The van der Waals surface area contributed by atoms with E-state index in [1.165, 1.54) is 23.9 Å². The first-order valence-corrected chi connectivity index (χ1v) is 10.3. The maximum Gasteiger partial charge on any atom is 0.260 e. The average Bonchev–Trinajstić information content (AvgIpc) is 3.36. The lowest BCUT2D eigenvalue weighted by atomic mass is 10.2. The van der Waals surface area contributed by atoms with Crippen molar-refractivity contribution in [1.29, 1.82) is 0 Å². The van der Waals surface area contributed by atoms with Gasteiger partial charge in [0.25, 0.3) is 5.91 Å². The normalized spacial score (nSPS) is 13.7. The first kappa shape index (κ1) is 19.6. The van der Waals surface area contributed by atoms with Gasteiger partial charge in [-0.25, -0.2) is 4.98 Å². The summed E-state index contributed by atoms with van der Waals surface area (Å²) < 4.78 is 4.93. The molecule has 0 radical (unpaired) electrons. The van der Waals surface area contributed by atoms with Gasteiger partial charge in [-0.05, 0) is 17.7 Å². The van der Waals surface area contributed by atoms with E-state index in [0.717, 1.165) is 29.1 Å². The first-order chi connectivity index (χ1) is 14.1. The Morgan fingerprint density at radius 1 is 1.28 bits per heavy atom. The molecule has 9 heteroatoms. The van der Waals surface area contributed by atoms with E-state index >= 15 is 0 Å². The smallest absolute Gasteiger partial charge is 0.260 e. The van der Waals surface area contributed by atoms with Crippen LogP contribution in [0, 0.1) is 0 Å². The predicted molar refractivity (Wildman–Crippen MR) is 111 cm³/mol. The fourth-order valence-electron chi connectivity index (χ4n) is 3.09. The molecule has 1 aliphatic rings.